The van der Waals surface area contributed by atoms with Crippen molar-refractivity contribution in [2.75, 3.05) is 30.8 Å². The molecule has 2 saturated heterocycles. The lowest BCUT2D eigenvalue weighted by Gasteiger charge is -2.34. The number of likely N-dealkylation sites (tertiary alicyclic amines) is 1. The van der Waals surface area contributed by atoms with Crippen molar-refractivity contribution in [2.45, 2.75) is 82.5 Å². The number of thiocarbonyl (C=S) groups is 1. The summed E-state index contributed by atoms with van der Waals surface area (Å²) in [5.74, 6) is 1.49. The quantitative estimate of drug-likeness (QED) is 0.294. The van der Waals surface area contributed by atoms with Gasteiger partial charge in [0.1, 0.15) is 6.04 Å². The number of hydrogen-bond acceptors (Lipinski definition) is 6. The minimum Gasteiger partial charge on any atom is -0.433 e. The van der Waals surface area contributed by atoms with Gasteiger partial charge < -0.3 is 15.4 Å². The minimum absolute atomic E-state index is 0.169. The van der Waals surface area contributed by atoms with E-state index in [1.54, 1.807) is 11.8 Å². The van der Waals surface area contributed by atoms with Crippen molar-refractivity contribution in [3.8, 4) is 0 Å². The number of nitrogens with zero attached hydrogens (tertiary/aromatic N) is 2. The third-order valence-electron chi connectivity index (χ3n) is 8.00. The fourth-order valence-corrected chi connectivity index (χ4v) is 7.34. The van der Waals surface area contributed by atoms with Gasteiger partial charge in [0, 0.05) is 31.4 Å². The van der Waals surface area contributed by atoms with Crippen molar-refractivity contribution in [3.05, 3.63) is 35.9 Å². The van der Waals surface area contributed by atoms with Gasteiger partial charge in [-0.3, -0.25) is 14.6 Å². The number of nitrogens with one attached hydrogen (secondary N) is 2. The fraction of sp³-hybridized carbons (Fsp3) is 0.679. The van der Waals surface area contributed by atoms with Crippen molar-refractivity contribution < 1.29 is 14.3 Å². The number of amides is 2. The van der Waals surface area contributed by atoms with Gasteiger partial charge >= 0.3 is 6.09 Å². The summed E-state index contributed by atoms with van der Waals surface area (Å²) in [6.45, 7) is 3.01. The largest absolute Gasteiger partial charge is 0.433 e. The number of hydrogen-bond donors (Lipinski definition) is 2. The predicted octanol–water partition coefficient (Wildman–Crippen LogP) is 5.12. The number of halogens is 1. The number of carbonyl (C=O) groups is 2. The molecule has 3 aliphatic rings. The van der Waals surface area contributed by atoms with Crippen LogP contribution in [0.2, 0.25) is 0 Å². The van der Waals surface area contributed by atoms with Crippen LogP contribution < -0.4 is 10.6 Å². The molecular formula is C28H41ClN4O3S2. The Morgan fingerprint density at radius 2 is 1.84 bits per heavy atom. The number of benzene rings is 1. The highest BCUT2D eigenvalue weighted by Crippen LogP contribution is 2.28. The zero-order chi connectivity index (χ0) is 26.7. The SMILES string of the molecule is O=C(N[C@H](CCC1CCCCC1)C(=S)NC1CCN(Cc2ccccc2)CC1)[C@@H]1CSCN1C(=O)OCCl. The highest BCUT2D eigenvalue weighted by molar-refractivity contribution is 7.99. The standard InChI is InChI=1S/C28H41ClN4O3S2/c29-19-36-28(35)33-20-38-18-25(33)26(34)31-24(12-11-21-7-3-1-4-8-21)27(37)30-23-13-15-32(16-14-23)17-22-9-5-2-6-10-22/h2,5-6,9-10,21,23-25H,1,3-4,7-8,11-20H2,(H,30,37)(H,31,34)/t24-,25+/m1/s1. The van der Waals surface area contributed by atoms with E-state index in [2.05, 4.69) is 45.9 Å². The molecule has 0 unspecified atom stereocenters. The summed E-state index contributed by atoms with van der Waals surface area (Å²) in [6, 6.07) is 9.87. The Hall–Kier alpha value is -1.55. The maximum absolute atomic E-state index is 13.3. The normalized spacial score (nSPS) is 22.1. The smallest absolute Gasteiger partial charge is 0.412 e. The Morgan fingerprint density at radius 1 is 1.11 bits per heavy atom. The summed E-state index contributed by atoms with van der Waals surface area (Å²) >= 11 is 13.0. The lowest BCUT2D eigenvalue weighted by Crippen LogP contribution is -2.55. The van der Waals surface area contributed by atoms with E-state index in [4.69, 9.17) is 28.6 Å². The molecule has 2 aliphatic heterocycles. The van der Waals surface area contributed by atoms with Gasteiger partial charge in [-0.25, -0.2) is 4.79 Å². The van der Waals surface area contributed by atoms with Gasteiger partial charge in [-0.1, -0.05) is 86.3 Å². The van der Waals surface area contributed by atoms with Crippen LogP contribution in [-0.2, 0) is 16.1 Å². The van der Waals surface area contributed by atoms with Crippen molar-refractivity contribution in [1.29, 1.82) is 0 Å². The van der Waals surface area contributed by atoms with Crippen molar-refractivity contribution in [3.63, 3.8) is 0 Å². The second-order valence-corrected chi connectivity index (χ2v) is 12.3. The molecule has 2 N–H and O–H groups in total. The fourth-order valence-electron chi connectivity index (χ4n) is 5.76. The van der Waals surface area contributed by atoms with E-state index in [9.17, 15) is 9.59 Å². The average molecular weight is 581 g/mol. The van der Waals surface area contributed by atoms with Gasteiger partial charge in [0.25, 0.3) is 0 Å². The second kappa shape index (κ2) is 15.3. The van der Waals surface area contributed by atoms with E-state index < -0.39 is 12.1 Å². The van der Waals surface area contributed by atoms with Crippen LogP contribution in [0.25, 0.3) is 0 Å². The molecule has 1 saturated carbocycles. The molecule has 4 rings (SSSR count). The minimum atomic E-state index is -0.572. The molecule has 2 atom stereocenters. The van der Waals surface area contributed by atoms with Gasteiger partial charge in [0.2, 0.25) is 5.91 Å². The Balaban J connectivity index is 1.32. The molecule has 38 heavy (non-hydrogen) atoms. The molecule has 2 heterocycles. The molecule has 210 valence electrons. The molecule has 0 radical (unpaired) electrons. The Bertz CT molecular complexity index is 911. The Morgan fingerprint density at radius 3 is 2.55 bits per heavy atom. The van der Waals surface area contributed by atoms with Gasteiger partial charge in [0.05, 0.1) is 16.9 Å². The number of alkyl halides is 1. The predicted molar refractivity (Wildman–Crippen MR) is 158 cm³/mol. The molecule has 2 amide bonds. The molecule has 0 spiro atoms. The molecule has 10 heteroatoms. The summed E-state index contributed by atoms with van der Waals surface area (Å²) in [5, 5.41) is 6.81. The van der Waals surface area contributed by atoms with E-state index in [-0.39, 0.29) is 18.0 Å². The summed E-state index contributed by atoms with van der Waals surface area (Å²) < 4.78 is 4.95. The van der Waals surface area contributed by atoms with Crippen LogP contribution in [0.3, 0.4) is 0 Å². The van der Waals surface area contributed by atoms with Crippen LogP contribution in [-0.4, -0.2) is 75.7 Å². The first-order valence-corrected chi connectivity index (χ1v) is 16.1. The molecule has 0 bridgehead atoms. The summed E-state index contributed by atoms with van der Waals surface area (Å²) in [7, 11) is 0. The maximum atomic E-state index is 13.3. The van der Waals surface area contributed by atoms with Gasteiger partial charge in [-0.15, -0.1) is 11.8 Å². The highest BCUT2D eigenvalue weighted by Gasteiger charge is 2.37. The lowest BCUT2D eigenvalue weighted by atomic mass is 9.85. The van der Waals surface area contributed by atoms with Crippen LogP contribution in [0.4, 0.5) is 4.79 Å². The summed E-state index contributed by atoms with van der Waals surface area (Å²) in [6.07, 6.45) is 9.81. The zero-order valence-corrected chi connectivity index (χ0v) is 24.5. The molecule has 0 aromatic heterocycles. The van der Waals surface area contributed by atoms with Crippen LogP contribution in [0.1, 0.15) is 63.4 Å². The topological polar surface area (TPSA) is 73.9 Å². The molecule has 1 aromatic rings. The number of piperidine rings is 1. The summed E-state index contributed by atoms with van der Waals surface area (Å²) in [4.78, 5) is 30.3. The second-order valence-electron chi connectivity index (χ2n) is 10.7. The van der Waals surface area contributed by atoms with Crippen LogP contribution in [0.5, 0.6) is 0 Å². The molecule has 3 fully saturated rings. The van der Waals surface area contributed by atoms with Crippen LogP contribution in [0.15, 0.2) is 30.3 Å². The van der Waals surface area contributed by atoms with Crippen LogP contribution >= 0.6 is 35.6 Å². The third kappa shape index (κ3) is 8.73. The van der Waals surface area contributed by atoms with E-state index in [0.29, 0.717) is 23.6 Å². The van der Waals surface area contributed by atoms with Crippen molar-refractivity contribution >= 4 is 52.6 Å². The average Bonchev–Trinajstić information content (AvgIpc) is 3.44. The zero-order valence-electron chi connectivity index (χ0n) is 22.1. The molecule has 7 nitrogen and oxygen atoms in total. The van der Waals surface area contributed by atoms with Gasteiger partial charge in [-0.05, 0) is 37.2 Å². The van der Waals surface area contributed by atoms with Crippen molar-refractivity contribution in [1.82, 2.24) is 20.4 Å². The maximum Gasteiger partial charge on any atom is 0.412 e. The van der Waals surface area contributed by atoms with E-state index in [1.165, 1.54) is 42.6 Å². The number of carbonyl (C=O) groups excluding carboxylic acids is 2. The van der Waals surface area contributed by atoms with Crippen LogP contribution in [0, 0.1) is 5.92 Å². The first-order valence-electron chi connectivity index (χ1n) is 14.0. The monoisotopic (exact) mass is 580 g/mol. The summed E-state index contributed by atoms with van der Waals surface area (Å²) in [5.41, 5.74) is 1.34. The van der Waals surface area contributed by atoms with Crippen molar-refractivity contribution in [2.24, 2.45) is 5.92 Å². The van der Waals surface area contributed by atoms with E-state index >= 15 is 0 Å². The van der Waals surface area contributed by atoms with Gasteiger partial charge in [-0.2, -0.15) is 0 Å². The molecular weight excluding hydrogens is 540 g/mol. The number of rotatable bonds is 10. The number of thioether (sulfide) groups is 1. The molecule has 1 aliphatic carbocycles. The van der Waals surface area contributed by atoms with E-state index in [1.807, 2.05) is 0 Å². The number of ether oxygens (including phenoxy) is 1. The first-order chi connectivity index (χ1) is 18.5. The van der Waals surface area contributed by atoms with Gasteiger partial charge in [0.15, 0.2) is 6.07 Å². The highest BCUT2D eigenvalue weighted by atomic mass is 35.5. The van der Waals surface area contributed by atoms with E-state index in [0.717, 1.165) is 50.3 Å². The third-order valence-corrected chi connectivity index (χ3v) is 9.53. The Kier molecular flexibility index (Phi) is 11.8. The lowest BCUT2D eigenvalue weighted by molar-refractivity contribution is -0.125. The molecule has 1 aromatic carbocycles. The first kappa shape index (κ1) is 29.4. The Labute approximate surface area is 241 Å².